The van der Waals surface area contributed by atoms with Crippen LogP contribution in [0.2, 0.25) is 5.02 Å². The van der Waals surface area contributed by atoms with Gasteiger partial charge < -0.3 is 14.6 Å². The van der Waals surface area contributed by atoms with Crippen LogP contribution in [0, 0.1) is 0 Å². The van der Waals surface area contributed by atoms with Crippen molar-refractivity contribution in [3.63, 3.8) is 0 Å². The van der Waals surface area contributed by atoms with Crippen LogP contribution in [0.25, 0.3) is 0 Å². The van der Waals surface area contributed by atoms with Gasteiger partial charge in [0.2, 0.25) is 0 Å². The molecule has 1 N–H and O–H groups in total. The molecule has 0 saturated heterocycles. The Kier molecular flexibility index (Phi) is 7.93. The first-order valence-corrected chi connectivity index (χ1v) is 9.54. The second kappa shape index (κ2) is 9.98. The van der Waals surface area contributed by atoms with Crippen LogP contribution in [0.1, 0.15) is 37.0 Å². The number of ether oxygens (including phenoxy) is 2. The van der Waals surface area contributed by atoms with Crippen molar-refractivity contribution in [2.24, 2.45) is 0 Å². The Balaban J connectivity index is 2.22. The van der Waals surface area contributed by atoms with E-state index in [1.807, 2.05) is 6.92 Å². The first-order chi connectivity index (χ1) is 13.7. The number of rotatable bonds is 8. The predicted octanol–water partition coefficient (Wildman–Crippen LogP) is 5.57. The number of aryl methyl sites for hydroxylation is 1. The minimum absolute atomic E-state index is 0.0927. The fraction of sp³-hybridized carbons (Fsp3) is 0.381. The molecule has 0 amide bonds. The molecule has 158 valence electrons. The maximum atomic E-state index is 12.8. The molecule has 0 aliphatic carbocycles. The first-order valence-electron chi connectivity index (χ1n) is 9.16. The van der Waals surface area contributed by atoms with Crippen LogP contribution in [-0.2, 0) is 28.5 Å². The molecule has 0 aromatic heterocycles. The summed E-state index contributed by atoms with van der Waals surface area (Å²) in [4.78, 5) is 11.7. The zero-order chi connectivity index (χ0) is 21.6. The van der Waals surface area contributed by atoms with Gasteiger partial charge in [0.1, 0.15) is 11.5 Å². The van der Waals surface area contributed by atoms with Gasteiger partial charge in [0, 0.05) is 6.42 Å². The highest BCUT2D eigenvalue weighted by Crippen LogP contribution is 2.36. The van der Waals surface area contributed by atoms with Crippen LogP contribution in [0.4, 0.5) is 13.2 Å². The lowest BCUT2D eigenvalue weighted by atomic mass is 9.98. The molecule has 0 saturated carbocycles. The summed E-state index contributed by atoms with van der Waals surface area (Å²) in [6.45, 7) is 3.82. The quantitative estimate of drug-likeness (QED) is 0.556. The zero-order valence-corrected chi connectivity index (χ0v) is 16.8. The molecule has 0 aliphatic heterocycles. The van der Waals surface area contributed by atoms with E-state index in [-0.39, 0.29) is 23.8 Å². The average molecular weight is 431 g/mol. The minimum atomic E-state index is -4.49. The van der Waals surface area contributed by atoms with E-state index in [1.165, 1.54) is 6.07 Å². The van der Waals surface area contributed by atoms with E-state index in [1.54, 1.807) is 25.1 Å². The topological polar surface area (TPSA) is 55.8 Å². The summed E-state index contributed by atoms with van der Waals surface area (Å²) in [7, 11) is 0. The standard InChI is InChI=1S/C21H22ClF3O4/c1-3-5-13-10-16(8-6-14(13)11-18(26)20(27)28-4-2)29-19-9-7-15(12-17(19)22)21(23,24)25/h6-10,12,18,26H,3-5,11H2,1-2H3. The van der Waals surface area contributed by atoms with Gasteiger partial charge in [-0.1, -0.05) is 31.0 Å². The number of aliphatic hydroxyl groups is 1. The number of aliphatic hydroxyl groups excluding tert-OH is 1. The van der Waals surface area contributed by atoms with Gasteiger partial charge in [0.15, 0.2) is 6.10 Å². The lowest BCUT2D eigenvalue weighted by Gasteiger charge is -2.16. The molecule has 8 heteroatoms. The number of carbonyl (C=O) groups is 1. The fourth-order valence-electron chi connectivity index (χ4n) is 2.78. The molecule has 0 radical (unpaired) electrons. The molecule has 0 spiro atoms. The molecule has 2 aromatic rings. The first kappa shape index (κ1) is 23.0. The van der Waals surface area contributed by atoms with Crippen LogP contribution >= 0.6 is 11.6 Å². The van der Waals surface area contributed by atoms with Gasteiger partial charge in [-0.25, -0.2) is 4.79 Å². The monoisotopic (exact) mass is 430 g/mol. The Hall–Kier alpha value is -2.25. The van der Waals surface area contributed by atoms with Gasteiger partial charge in [0.05, 0.1) is 17.2 Å². The molecule has 2 aromatic carbocycles. The van der Waals surface area contributed by atoms with E-state index in [9.17, 15) is 23.1 Å². The van der Waals surface area contributed by atoms with E-state index >= 15 is 0 Å². The molecule has 29 heavy (non-hydrogen) atoms. The van der Waals surface area contributed by atoms with Gasteiger partial charge in [-0.05, 0) is 54.8 Å². The van der Waals surface area contributed by atoms with Crippen LogP contribution in [-0.4, -0.2) is 23.8 Å². The predicted molar refractivity (Wildman–Crippen MR) is 103 cm³/mol. The number of halogens is 4. The molecular formula is C21H22ClF3O4. The number of hydrogen-bond donors (Lipinski definition) is 1. The van der Waals surface area contributed by atoms with E-state index in [0.29, 0.717) is 12.2 Å². The van der Waals surface area contributed by atoms with Gasteiger partial charge in [-0.2, -0.15) is 13.2 Å². The van der Waals surface area contributed by atoms with Crippen LogP contribution in [0.3, 0.4) is 0 Å². The Bertz CT molecular complexity index is 852. The minimum Gasteiger partial charge on any atom is -0.464 e. The molecular weight excluding hydrogens is 409 g/mol. The summed E-state index contributed by atoms with van der Waals surface area (Å²) in [5, 5.41) is 9.86. The second-order valence-corrected chi connectivity index (χ2v) is 6.80. The summed E-state index contributed by atoms with van der Waals surface area (Å²) in [5.41, 5.74) is 0.763. The van der Waals surface area contributed by atoms with Crippen molar-refractivity contribution < 1.29 is 32.5 Å². The molecule has 0 fully saturated rings. The molecule has 1 atom stereocenters. The molecule has 4 nitrogen and oxygen atoms in total. The Morgan fingerprint density at radius 3 is 2.45 bits per heavy atom. The second-order valence-electron chi connectivity index (χ2n) is 6.40. The van der Waals surface area contributed by atoms with Gasteiger partial charge in [0.25, 0.3) is 0 Å². The van der Waals surface area contributed by atoms with Gasteiger partial charge in [-0.3, -0.25) is 0 Å². The van der Waals surface area contributed by atoms with Crippen LogP contribution in [0.5, 0.6) is 11.5 Å². The summed E-state index contributed by atoms with van der Waals surface area (Å²) in [6, 6.07) is 7.93. The van der Waals surface area contributed by atoms with Crippen molar-refractivity contribution in [2.45, 2.75) is 45.4 Å². The van der Waals surface area contributed by atoms with Crippen molar-refractivity contribution >= 4 is 17.6 Å². The average Bonchev–Trinajstić information content (AvgIpc) is 2.65. The largest absolute Gasteiger partial charge is 0.464 e. The molecule has 0 heterocycles. The number of esters is 1. The van der Waals surface area contributed by atoms with Crippen molar-refractivity contribution in [2.75, 3.05) is 6.61 Å². The van der Waals surface area contributed by atoms with Crippen molar-refractivity contribution in [1.29, 1.82) is 0 Å². The summed E-state index contributed by atoms with van der Waals surface area (Å²) >= 11 is 5.94. The molecule has 0 aliphatic rings. The van der Waals surface area contributed by atoms with Gasteiger partial charge in [-0.15, -0.1) is 0 Å². The van der Waals surface area contributed by atoms with Crippen molar-refractivity contribution in [3.8, 4) is 11.5 Å². The van der Waals surface area contributed by atoms with Crippen molar-refractivity contribution in [1.82, 2.24) is 0 Å². The van der Waals surface area contributed by atoms with Crippen molar-refractivity contribution in [3.05, 3.63) is 58.1 Å². The third kappa shape index (κ3) is 6.37. The number of hydrogen-bond acceptors (Lipinski definition) is 4. The lowest BCUT2D eigenvalue weighted by molar-refractivity contribution is -0.152. The molecule has 2 rings (SSSR count). The fourth-order valence-corrected chi connectivity index (χ4v) is 3.00. The van der Waals surface area contributed by atoms with E-state index in [0.717, 1.165) is 29.7 Å². The van der Waals surface area contributed by atoms with Gasteiger partial charge >= 0.3 is 12.1 Å². The summed E-state index contributed by atoms with van der Waals surface area (Å²) in [5.74, 6) is -0.197. The highest BCUT2D eigenvalue weighted by molar-refractivity contribution is 6.32. The van der Waals surface area contributed by atoms with E-state index < -0.39 is 23.8 Å². The smallest absolute Gasteiger partial charge is 0.416 e. The summed E-state index contributed by atoms with van der Waals surface area (Å²) in [6.07, 6.45) is -4.19. The maximum absolute atomic E-state index is 12.8. The Labute approximate surface area is 172 Å². The third-order valence-corrected chi connectivity index (χ3v) is 4.45. The maximum Gasteiger partial charge on any atom is 0.416 e. The normalized spacial score (nSPS) is 12.5. The van der Waals surface area contributed by atoms with E-state index in [2.05, 4.69) is 0 Å². The molecule has 0 bridgehead atoms. The Morgan fingerprint density at radius 2 is 1.86 bits per heavy atom. The third-order valence-electron chi connectivity index (χ3n) is 4.16. The van der Waals surface area contributed by atoms with Crippen LogP contribution < -0.4 is 4.74 Å². The summed E-state index contributed by atoms with van der Waals surface area (Å²) < 4.78 is 48.8. The van der Waals surface area contributed by atoms with Crippen LogP contribution in [0.15, 0.2) is 36.4 Å². The highest BCUT2D eigenvalue weighted by Gasteiger charge is 2.31. The molecule has 1 unspecified atom stereocenters. The zero-order valence-electron chi connectivity index (χ0n) is 16.1. The van der Waals surface area contributed by atoms with E-state index in [4.69, 9.17) is 21.1 Å². The number of carbonyl (C=O) groups excluding carboxylic acids is 1. The number of benzene rings is 2. The SMILES string of the molecule is CCCc1cc(Oc2ccc(C(F)(F)F)cc2Cl)ccc1CC(O)C(=O)OCC. The highest BCUT2D eigenvalue weighted by atomic mass is 35.5. The lowest BCUT2D eigenvalue weighted by Crippen LogP contribution is -2.25. The Morgan fingerprint density at radius 1 is 1.14 bits per heavy atom. The number of alkyl halides is 3.